The maximum atomic E-state index is 16.2. The van der Waals surface area contributed by atoms with Crippen LogP contribution in [0, 0.1) is 12.7 Å². The summed E-state index contributed by atoms with van der Waals surface area (Å²) < 4.78 is 52.0. The van der Waals surface area contributed by atoms with Crippen LogP contribution in [0.15, 0.2) is 35.3 Å². The number of nitrogens with zero attached hydrogens (tertiary/aromatic N) is 4. The van der Waals surface area contributed by atoms with Gasteiger partial charge in [0.1, 0.15) is 17.6 Å². The number of hydrogen-bond acceptors (Lipinski definition) is 12. The highest BCUT2D eigenvalue weighted by Gasteiger charge is 2.51. The second-order valence-corrected chi connectivity index (χ2v) is 9.41. The number of nitrogens with two attached hydrogens (primary N) is 2. The van der Waals surface area contributed by atoms with Crippen molar-refractivity contribution in [2.45, 2.75) is 37.1 Å². The number of methoxy groups -OCH3 is 1. The molecule has 5 rings (SSSR count). The average molecular weight is 561 g/mol. The minimum absolute atomic E-state index is 0.0291. The Morgan fingerprint density at radius 3 is 2.62 bits per heavy atom. The summed E-state index contributed by atoms with van der Waals surface area (Å²) in [6, 6.07) is 3.67. The number of nitrogens with one attached hydrogen (secondary N) is 2. The van der Waals surface area contributed by atoms with Crippen molar-refractivity contribution in [3.8, 4) is 17.1 Å². The zero-order valence-electron chi connectivity index (χ0n) is 21.4. The van der Waals surface area contributed by atoms with E-state index in [0.29, 0.717) is 0 Å². The Labute approximate surface area is 226 Å². The van der Waals surface area contributed by atoms with Crippen LogP contribution in [0.25, 0.3) is 11.3 Å². The molecule has 15 heteroatoms. The minimum atomic E-state index is -3.72. The number of fused-ring (bicyclic) bond motifs is 1. The van der Waals surface area contributed by atoms with Crippen LogP contribution < -0.4 is 27.0 Å². The minimum Gasteiger partial charge on any atom is -0.480 e. The van der Waals surface area contributed by atoms with Gasteiger partial charge in [-0.2, -0.15) is 8.78 Å². The molecular formula is C25H27F3N8O4. The van der Waals surface area contributed by atoms with Crippen molar-refractivity contribution in [3.05, 3.63) is 58.7 Å². The molecule has 4 atom stereocenters. The number of alkyl halides is 2. The number of amidine groups is 1. The predicted molar refractivity (Wildman–Crippen MR) is 138 cm³/mol. The molecule has 212 valence electrons. The van der Waals surface area contributed by atoms with Gasteiger partial charge in [-0.25, -0.2) is 24.8 Å². The molecule has 3 unspecified atom stereocenters. The number of benzene rings is 1. The van der Waals surface area contributed by atoms with Crippen LogP contribution in [-0.2, 0) is 10.8 Å². The number of pyridine rings is 1. The molecule has 1 aromatic carbocycles. The number of hydrogen-bond donors (Lipinski definition) is 6. The molecule has 40 heavy (non-hydrogen) atoms. The third-order valence-corrected chi connectivity index (χ3v) is 6.76. The highest BCUT2D eigenvalue weighted by molar-refractivity contribution is 6.01. The van der Waals surface area contributed by atoms with Crippen LogP contribution >= 0.6 is 0 Å². The molecule has 0 radical (unpaired) electrons. The molecule has 8 N–H and O–H groups in total. The maximum Gasteiger partial charge on any atom is 0.316 e. The van der Waals surface area contributed by atoms with Gasteiger partial charge in [-0.1, -0.05) is 6.07 Å². The first-order valence-corrected chi connectivity index (χ1v) is 12.2. The van der Waals surface area contributed by atoms with Crippen molar-refractivity contribution < 1.29 is 33.0 Å². The Bertz CT molecular complexity index is 1470. The first-order valence-electron chi connectivity index (χ1n) is 12.2. The quantitative estimate of drug-likeness (QED) is 0.236. The Kier molecular flexibility index (Phi) is 7.22. The topological polar surface area (TPSA) is 186 Å². The SMILES string of the molecule is COc1nc(-c2cc(F)ccc2[C@@H]2N=C(NOCC3NCC(O)C3O)c3c(C)nc(N)nc3C2(F)F)ccc1N. The first kappa shape index (κ1) is 27.5. The summed E-state index contributed by atoms with van der Waals surface area (Å²) in [6.07, 6.45) is -2.06. The molecule has 1 saturated heterocycles. The van der Waals surface area contributed by atoms with Crippen LogP contribution in [0.3, 0.4) is 0 Å². The highest BCUT2D eigenvalue weighted by atomic mass is 19.3. The summed E-state index contributed by atoms with van der Waals surface area (Å²) in [6.45, 7) is 1.49. The molecule has 12 nitrogen and oxygen atoms in total. The van der Waals surface area contributed by atoms with E-state index < -0.39 is 41.7 Å². The number of hydroxylamine groups is 1. The summed E-state index contributed by atoms with van der Waals surface area (Å²) in [5.74, 6) is -4.87. The monoisotopic (exact) mass is 560 g/mol. The van der Waals surface area contributed by atoms with E-state index in [9.17, 15) is 14.6 Å². The highest BCUT2D eigenvalue weighted by Crippen LogP contribution is 2.49. The van der Waals surface area contributed by atoms with Gasteiger partial charge < -0.3 is 31.7 Å². The van der Waals surface area contributed by atoms with E-state index >= 15 is 8.78 Å². The van der Waals surface area contributed by atoms with Gasteiger partial charge in [-0.3, -0.25) is 9.83 Å². The van der Waals surface area contributed by atoms with E-state index in [1.807, 2.05) is 0 Å². The van der Waals surface area contributed by atoms with Crippen LogP contribution in [0.5, 0.6) is 5.88 Å². The Hall–Kier alpha value is -4.05. The lowest BCUT2D eigenvalue weighted by molar-refractivity contribution is -0.0396. The molecule has 1 fully saturated rings. The number of aliphatic imine (C=N–C) groups is 1. The number of aliphatic hydroxyl groups is 2. The van der Waals surface area contributed by atoms with E-state index in [1.165, 1.54) is 32.2 Å². The second-order valence-electron chi connectivity index (χ2n) is 9.41. The van der Waals surface area contributed by atoms with E-state index in [4.69, 9.17) is 21.0 Å². The van der Waals surface area contributed by atoms with Gasteiger partial charge in [0.05, 0.1) is 54.6 Å². The number of anilines is 2. The van der Waals surface area contributed by atoms with Crippen LogP contribution in [-0.4, -0.2) is 69.5 Å². The number of aryl methyl sites for hydroxylation is 1. The number of rotatable bonds is 6. The molecule has 2 aliphatic rings. The fourth-order valence-electron chi connectivity index (χ4n) is 4.76. The molecule has 0 saturated carbocycles. The summed E-state index contributed by atoms with van der Waals surface area (Å²) in [7, 11) is 1.34. The van der Waals surface area contributed by atoms with Crippen molar-refractivity contribution >= 4 is 17.5 Å². The normalized spacial score (nSPS) is 23.4. The molecule has 3 aromatic rings. The number of ether oxygens (including phenoxy) is 1. The number of β-amino-alcohol motifs (C(OH)–C–C–N with tert-alkyl or cyclic N) is 1. The second kappa shape index (κ2) is 10.5. The van der Waals surface area contributed by atoms with Crippen molar-refractivity contribution in [1.82, 2.24) is 25.7 Å². The molecule has 4 heterocycles. The van der Waals surface area contributed by atoms with Crippen LogP contribution in [0.1, 0.15) is 28.6 Å². The van der Waals surface area contributed by atoms with Crippen molar-refractivity contribution in [2.75, 3.05) is 31.7 Å². The number of halogens is 3. The summed E-state index contributed by atoms with van der Waals surface area (Å²) >= 11 is 0. The molecule has 2 aromatic heterocycles. The van der Waals surface area contributed by atoms with E-state index in [2.05, 4.69) is 30.7 Å². The molecular weight excluding hydrogens is 533 g/mol. The lowest BCUT2D eigenvalue weighted by Gasteiger charge is -2.32. The van der Waals surface area contributed by atoms with Crippen molar-refractivity contribution in [3.63, 3.8) is 0 Å². The van der Waals surface area contributed by atoms with Crippen molar-refractivity contribution in [2.24, 2.45) is 4.99 Å². The van der Waals surface area contributed by atoms with Gasteiger partial charge >= 0.3 is 5.92 Å². The fraction of sp³-hybridized carbons (Fsp3) is 0.360. The fourth-order valence-corrected chi connectivity index (χ4v) is 4.76. The third kappa shape index (κ3) is 4.88. The van der Waals surface area contributed by atoms with Gasteiger partial charge in [-0.15, -0.1) is 0 Å². The van der Waals surface area contributed by atoms with Gasteiger partial charge in [0.25, 0.3) is 0 Å². The largest absolute Gasteiger partial charge is 0.480 e. The number of aromatic nitrogens is 3. The first-order chi connectivity index (χ1) is 19.0. The van der Waals surface area contributed by atoms with Gasteiger partial charge in [-0.05, 0) is 36.8 Å². The van der Waals surface area contributed by atoms with Crippen LogP contribution in [0.2, 0.25) is 0 Å². The Morgan fingerprint density at radius 1 is 1.15 bits per heavy atom. The molecule has 0 bridgehead atoms. The summed E-state index contributed by atoms with van der Waals surface area (Å²) in [4.78, 5) is 21.9. The standard InChI is InChI=1S/C25H27F3N8O4/c1-10-18-21(35-24(30)32-10)25(27,28)20(34-22(18)36-40-9-16-19(38)17(37)8-31-16)12-4-3-11(26)7-13(12)15-6-5-14(29)23(33-15)39-2/h3-7,16-17,19-20,31,37-38H,8-9,29H2,1-2H3,(H,34,36)(H2,30,32,35)/t16?,17?,19?,20-/m0/s1. The predicted octanol–water partition coefficient (Wildman–Crippen LogP) is 0.967. The Balaban J connectivity index is 1.59. The molecule has 0 amide bonds. The number of aliphatic hydroxyl groups excluding tert-OH is 2. The Morgan fingerprint density at radius 2 is 1.93 bits per heavy atom. The van der Waals surface area contributed by atoms with Crippen molar-refractivity contribution in [1.29, 1.82) is 0 Å². The average Bonchev–Trinajstić information content (AvgIpc) is 3.23. The van der Waals surface area contributed by atoms with Gasteiger partial charge in [0.15, 0.2) is 5.84 Å². The van der Waals surface area contributed by atoms with Gasteiger partial charge in [0, 0.05) is 12.1 Å². The number of nitrogen functional groups attached to an aromatic ring is 2. The smallest absolute Gasteiger partial charge is 0.316 e. The maximum absolute atomic E-state index is 16.2. The zero-order chi connectivity index (χ0) is 28.8. The van der Waals surface area contributed by atoms with Gasteiger partial charge in [0.2, 0.25) is 11.8 Å². The lowest BCUT2D eigenvalue weighted by Crippen LogP contribution is -2.42. The van der Waals surface area contributed by atoms with E-state index in [0.717, 1.165) is 12.1 Å². The summed E-state index contributed by atoms with van der Waals surface area (Å²) in [5, 5.41) is 22.7. The van der Waals surface area contributed by atoms with E-state index in [-0.39, 0.29) is 64.6 Å². The molecule has 0 aliphatic carbocycles. The molecule has 2 aliphatic heterocycles. The lowest BCUT2D eigenvalue weighted by atomic mass is 9.88. The summed E-state index contributed by atoms with van der Waals surface area (Å²) in [5.41, 5.74) is 13.8. The molecule has 0 spiro atoms. The third-order valence-electron chi connectivity index (χ3n) is 6.76. The van der Waals surface area contributed by atoms with E-state index in [1.54, 1.807) is 0 Å². The van der Waals surface area contributed by atoms with Crippen LogP contribution in [0.4, 0.5) is 24.8 Å². The zero-order valence-corrected chi connectivity index (χ0v) is 21.4.